The molecule has 0 bridgehead atoms. The molecule has 5 heteroatoms. The highest BCUT2D eigenvalue weighted by Gasteiger charge is 2.23. The number of halogens is 2. The molecule has 0 aliphatic carbocycles. The van der Waals surface area contributed by atoms with Crippen molar-refractivity contribution in [2.45, 2.75) is 25.8 Å². The summed E-state index contributed by atoms with van der Waals surface area (Å²) in [5.41, 5.74) is 5.64. The molecule has 0 radical (unpaired) electrons. The van der Waals surface area contributed by atoms with Gasteiger partial charge in [-0.15, -0.1) is 0 Å². The van der Waals surface area contributed by atoms with Gasteiger partial charge in [-0.2, -0.15) is 0 Å². The summed E-state index contributed by atoms with van der Waals surface area (Å²) in [5, 5.41) is 6.21. The number of piperidine rings is 1. The maximum Gasteiger partial charge on any atom is 0.0490 e. The highest BCUT2D eigenvalue weighted by molar-refractivity contribution is 6.31. The Labute approximate surface area is 193 Å². The van der Waals surface area contributed by atoms with Crippen molar-refractivity contribution in [3.8, 4) is 22.3 Å². The second kappa shape index (κ2) is 8.66. The summed E-state index contributed by atoms with van der Waals surface area (Å²) in [4.78, 5) is 4.55. The van der Waals surface area contributed by atoms with Crippen molar-refractivity contribution in [3.05, 3.63) is 77.2 Å². The van der Waals surface area contributed by atoms with Gasteiger partial charge in [0.2, 0.25) is 0 Å². The largest absolute Gasteiger partial charge is 0.344 e. The number of nitrogens with zero attached hydrogens (tertiary/aromatic N) is 2. The van der Waals surface area contributed by atoms with E-state index in [0.717, 1.165) is 50.8 Å². The Balaban J connectivity index is 1.61. The Kier molecular flexibility index (Phi) is 5.75. The van der Waals surface area contributed by atoms with Crippen molar-refractivity contribution in [2.24, 2.45) is 5.92 Å². The molecule has 1 aliphatic heterocycles. The Morgan fingerprint density at radius 1 is 0.968 bits per heavy atom. The lowest BCUT2D eigenvalue weighted by molar-refractivity contribution is 0.284. The van der Waals surface area contributed by atoms with Gasteiger partial charge >= 0.3 is 0 Å². The first-order valence-corrected chi connectivity index (χ1v) is 11.6. The van der Waals surface area contributed by atoms with Crippen molar-refractivity contribution in [2.75, 3.05) is 13.1 Å². The molecule has 2 aromatic heterocycles. The maximum atomic E-state index is 6.41. The van der Waals surface area contributed by atoms with Crippen molar-refractivity contribution in [3.63, 3.8) is 0 Å². The van der Waals surface area contributed by atoms with Crippen molar-refractivity contribution in [1.82, 2.24) is 14.9 Å². The van der Waals surface area contributed by atoms with Gasteiger partial charge in [-0.25, -0.2) is 0 Å². The molecule has 158 valence electrons. The van der Waals surface area contributed by atoms with Crippen LogP contribution in [0.1, 0.15) is 25.8 Å². The normalized spacial score (nSPS) is 17.7. The van der Waals surface area contributed by atoms with Gasteiger partial charge in [-0.3, -0.25) is 4.98 Å². The maximum absolute atomic E-state index is 6.41. The van der Waals surface area contributed by atoms with Crippen LogP contribution in [0.4, 0.5) is 0 Å². The van der Waals surface area contributed by atoms with Crippen LogP contribution in [0.2, 0.25) is 10.0 Å². The molecule has 1 fully saturated rings. The summed E-state index contributed by atoms with van der Waals surface area (Å²) in [6, 6.07) is 16.7. The third-order valence-corrected chi connectivity index (χ3v) is 6.96. The fourth-order valence-corrected chi connectivity index (χ4v) is 5.00. The number of benzene rings is 2. The van der Waals surface area contributed by atoms with E-state index >= 15 is 0 Å². The average Bonchev–Trinajstić information content (AvgIpc) is 3.18. The summed E-state index contributed by atoms with van der Waals surface area (Å²) in [6.07, 6.45) is 8.61. The Morgan fingerprint density at radius 2 is 1.74 bits per heavy atom. The second-order valence-corrected chi connectivity index (χ2v) is 9.30. The van der Waals surface area contributed by atoms with Crippen molar-refractivity contribution in [1.29, 1.82) is 0 Å². The molecule has 2 unspecified atom stereocenters. The van der Waals surface area contributed by atoms with E-state index in [1.54, 1.807) is 0 Å². The van der Waals surface area contributed by atoms with Gasteiger partial charge < -0.3 is 9.88 Å². The van der Waals surface area contributed by atoms with E-state index in [0.29, 0.717) is 12.0 Å². The molecule has 0 saturated carbocycles. The highest BCUT2D eigenvalue weighted by atomic mass is 35.5. The van der Waals surface area contributed by atoms with Gasteiger partial charge in [-0.05, 0) is 80.7 Å². The molecule has 1 aliphatic rings. The standard InChI is InChI=1S/C26H25Cl2N3/c1-17(19-3-2-10-29-13-19)31-16-25(24-12-23(28)8-9-26(24)31)21-11-20(14-30-15-21)18-4-6-22(27)7-5-18/h4-9,11-12,14-17,19,29H,2-3,10,13H2,1H3. The van der Waals surface area contributed by atoms with Crippen LogP contribution in [0.5, 0.6) is 0 Å². The summed E-state index contributed by atoms with van der Waals surface area (Å²) in [5.74, 6) is 0.617. The quantitative estimate of drug-likeness (QED) is 0.355. The first-order valence-electron chi connectivity index (χ1n) is 10.8. The summed E-state index contributed by atoms with van der Waals surface area (Å²) < 4.78 is 2.42. The van der Waals surface area contributed by atoms with Crippen LogP contribution in [-0.2, 0) is 0 Å². The van der Waals surface area contributed by atoms with E-state index in [-0.39, 0.29) is 0 Å². The summed E-state index contributed by atoms with van der Waals surface area (Å²) in [7, 11) is 0. The Bertz CT molecular complexity index is 1210. The summed E-state index contributed by atoms with van der Waals surface area (Å²) >= 11 is 12.5. The molecule has 3 nitrogen and oxygen atoms in total. The topological polar surface area (TPSA) is 29.9 Å². The fraction of sp³-hybridized carbons (Fsp3) is 0.269. The molecule has 0 spiro atoms. The fourth-order valence-electron chi connectivity index (χ4n) is 4.70. The highest BCUT2D eigenvalue weighted by Crippen LogP contribution is 2.37. The molecule has 1 saturated heterocycles. The van der Waals surface area contributed by atoms with Crippen molar-refractivity contribution < 1.29 is 0 Å². The summed E-state index contributed by atoms with van der Waals surface area (Å²) in [6.45, 7) is 4.52. The number of hydrogen-bond acceptors (Lipinski definition) is 2. The van der Waals surface area contributed by atoms with Gasteiger partial charge in [0.05, 0.1) is 0 Å². The van der Waals surface area contributed by atoms with Crippen LogP contribution in [0, 0.1) is 5.92 Å². The zero-order valence-electron chi connectivity index (χ0n) is 17.5. The minimum absolute atomic E-state index is 0.401. The van der Waals surface area contributed by atoms with Gasteiger partial charge in [0.15, 0.2) is 0 Å². The number of rotatable bonds is 4. The van der Waals surface area contributed by atoms with E-state index in [1.165, 1.54) is 18.4 Å². The van der Waals surface area contributed by atoms with Gasteiger partial charge in [0.1, 0.15) is 0 Å². The van der Waals surface area contributed by atoms with E-state index in [4.69, 9.17) is 23.2 Å². The number of hydrogen-bond donors (Lipinski definition) is 1. The van der Waals surface area contributed by atoms with Crippen LogP contribution < -0.4 is 5.32 Å². The third kappa shape index (κ3) is 4.10. The van der Waals surface area contributed by atoms with Crippen LogP contribution in [0.3, 0.4) is 0 Å². The van der Waals surface area contributed by atoms with Gasteiger partial charge in [0.25, 0.3) is 0 Å². The smallest absolute Gasteiger partial charge is 0.0490 e. The minimum atomic E-state index is 0.401. The van der Waals surface area contributed by atoms with Gasteiger partial charge in [-0.1, -0.05) is 35.3 Å². The lowest BCUT2D eigenvalue weighted by atomic mass is 9.92. The van der Waals surface area contributed by atoms with E-state index in [1.807, 2.05) is 42.7 Å². The predicted molar refractivity (Wildman–Crippen MR) is 131 cm³/mol. The van der Waals surface area contributed by atoms with E-state index in [9.17, 15) is 0 Å². The predicted octanol–water partition coefficient (Wildman–Crippen LogP) is 7.24. The van der Waals surface area contributed by atoms with Crippen LogP contribution in [0.15, 0.2) is 67.1 Å². The minimum Gasteiger partial charge on any atom is -0.344 e. The molecule has 3 heterocycles. The first kappa shape index (κ1) is 20.6. The third-order valence-electron chi connectivity index (χ3n) is 6.48. The SMILES string of the molecule is CC(C1CCCNC1)n1cc(-c2cncc(-c3ccc(Cl)cc3)c2)c2cc(Cl)ccc21. The molecule has 1 N–H and O–H groups in total. The molecule has 4 aromatic rings. The number of aromatic nitrogens is 2. The zero-order chi connectivity index (χ0) is 21.4. The number of pyridine rings is 1. The van der Waals surface area contributed by atoms with Crippen LogP contribution >= 0.6 is 23.2 Å². The monoisotopic (exact) mass is 449 g/mol. The molecular formula is C26H25Cl2N3. The van der Waals surface area contributed by atoms with E-state index < -0.39 is 0 Å². The number of fused-ring (bicyclic) bond motifs is 1. The number of nitrogens with one attached hydrogen (secondary N) is 1. The van der Waals surface area contributed by atoms with Crippen LogP contribution in [-0.4, -0.2) is 22.6 Å². The average molecular weight is 450 g/mol. The first-order chi connectivity index (χ1) is 15.1. The lowest BCUT2D eigenvalue weighted by Gasteiger charge is -2.30. The van der Waals surface area contributed by atoms with Crippen LogP contribution in [0.25, 0.3) is 33.2 Å². The second-order valence-electron chi connectivity index (χ2n) is 8.43. The molecule has 2 aromatic carbocycles. The molecule has 5 rings (SSSR count). The molecule has 31 heavy (non-hydrogen) atoms. The molecular weight excluding hydrogens is 425 g/mol. The zero-order valence-corrected chi connectivity index (χ0v) is 19.0. The Morgan fingerprint density at radius 3 is 2.52 bits per heavy atom. The Hall–Kier alpha value is -2.33. The van der Waals surface area contributed by atoms with E-state index in [2.05, 4.69) is 46.2 Å². The molecule has 0 amide bonds. The van der Waals surface area contributed by atoms with Gasteiger partial charge in [0, 0.05) is 62.3 Å². The molecule has 2 atom stereocenters. The van der Waals surface area contributed by atoms with Crippen molar-refractivity contribution >= 4 is 34.1 Å². The lowest BCUT2D eigenvalue weighted by Crippen LogP contribution is -2.34.